The van der Waals surface area contributed by atoms with E-state index >= 15 is 0 Å². The van der Waals surface area contributed by atoms with Crippen LogP contribution in [0, 0.1) is 6.92 Å². The highest BCUT2D eigenvalue weighted by molar-refractivity contribution is 7.89. The van der Waals surface area contributed by atoms with Crippen molar-refractivity contribution in [3.8, 4) is 5.75 Å². The van der Waals surface area contributed by atoms with Gasteiger partial charge in [0.05, 0.1) is 11.4 Å². The number of amides is 2. The summed E-state index contributed by atoms with van der Waals surface area (Å²) >= 11 is 0. The highest BCUT2D eigenvalue weighted by atomic mass is 32.2. The molecular weight excluding hydrogens is 354 g/mol. The smallest absolute Gasteiger partial charge is 0.319 e. The Morgan fingerprint density at radius 3 is 2.50 bits per heavy atom. The number of anilines is 1. The zero-order chi connectivity index (χ0) is 19.0. The van der Waals surface area contributed by atoms with Crippen molar-refractivity contribution in [2.75, 3.05) is 25.0 Å². The summed E-state index contributed by atoms with van der Waals surface area (Å²) in [5, 5.41) is 5.40. The topological polar surface area (TPSA) is 96.5 Å². The second-order valence-electron chi connectivity index (χ2n) is 5.52. The van der Waals surface area contributed by atoms with Gasteiger partial charge in [0, 0.05) is 12.2 Å². The van der Waals surface area contributed by atoms with Crippen LogP contribution >= 0.6 is 0 Å². The number of nitrogens with one attached hydrogen (secondary N) is 3. The molecule has 0 aliphatic carbocycles. The van der Waals surface area contributed by atoms with E-state index in [1.807, 2.05) is 18.2 Å². The Bertz CT molecular complexity index is 839. The van der Waals surface area contributed by atoms with E-state index in [1.54, 1.807) is 38.1 Å². The summed E-state index contributed by atoms with van der Waals surface area (Å²) in [6.45, 7) is 4.41. The highest BCUT2D eigenvalue weighted by Gasteiger charge is 2.14. The molecule has 0 spiro atoms. The van der Waals surface area contributed by atoms with Gasteiger partial charge in [0.25, 0.3) is 0 Å². The molecule has 0 aromatic heterocycles. The Balaban J connectivity index is 1.82. The molecular formula is C18H23N3O4S. The fourth-order valence-corrected chi connectivity index (χ4v) is 3.37. The lowest BCUT2D eigenvalue weighted by Gasteiger charge is -2.12. The predicted molar refractivity (Wildman–Crippen MR) is 101 cm³/mol. The Morgan fingerprint density at radius 2 is 1.85 bits per heavy atom. The van der Waals surface area contributed by atoms with Crippen molar-refractivity contribution < 1.29 is 17.9 Å². The Morgan fingerprint density at radius 1 is 1.12 bits per heavy atom. The molecule has 0 aliphatic heterocycles. The van der Waals surface area contributed by atoms with Crippen LogP contribution in [0.1, 0.15) is 12.5 Å². The maximum absolute atomic E-state index is 12.0. The van der Waals surface area contributed by atoms with Gasteiger partial charge in [-0.1, -0.05) is 25.1 Å². The lowest BCUT2D eigenvalue weighted by molar-refractivity contribution is 0.247. The molecule has 0 heterocycles. The standard InChI is InChI=1S/C18H23N3O4S/c1-3-20-26(23,24)16-9-10-17(14(2)13-16)25-12-11-19-18(22)21-15-7-5-4-6-8-15/h4-10,13,20H,3,11-12H2,1-2H3,(H2,19,21,22). The summed E-state index contributed by atoms with van der Waals surface area (Å²) in [5.74, 6) is 0.575. The molecule has 3 N–H and O–H groups in total. The molecule has 0 saturated carbocycles. The van der Waals surface area contributed by atoms with Gasteiger partial charge in [0.2, 0.25) is 10.0 Å². The molecule has 2 amide bonds. The van der Waals surface area contributed by atoms with E-state index in [0.717, 1.165) is 0 Å². The van der Waals surface area contributed by atoms with Crippen LogP contribution in [-0.2, 0) is 10.0 Å². The first-order valence-corrected chi connectivity index (χ1v) is 9.73. The van der Waals surface area contributed by atoms with Crippen LogP contribution in [0.25, 0.3) is 0 Å². The summed E-state index contributed by atoms with van der Waals surface area (Å²) in [6, 6.07) is 13.5. The zero-order valence-electron chi connectivity index (χ0n) is 14.8. The van der Waals surface area contributed by atoms with Gasteiger partial charge in [-0.25, -0.2) is 17.9 Å². The van der Waals surface area contributed by atoms with Gasteiger partial charge in [0.15, 0.2) is 0 Å². The molecule has 7 nitrogen and oxygen atoms in total. The second kappa shape index (κ2) is 9.21. The van der Waals surface area contributed by atoms with Gasteiger partial charge in [0.1, 0.15) is 12.4 Å². The summed E-state index contributed by atoms with van der Waals surface area (Å²) in [7, 11) is -3.49. The zero-order valence-corrected chi connectivity index (χ0v) is 15.6. The number of aryl methyl sites for hydroxylation is 1. The Kier molecular flexibility index (Phi) is 6.99. The van der Waals surface area contributed by atoms with E-state index in [-0.39, 0.29) is 17.5 Å². The van der Waals surface area contributed by atoms with Crippen molar-refractivity contribution in [2.24, 2.45) is 0 Å². The van der Waals surface area contributed by atoms with E-state index < -0.39 is 10.0 Å². The van der Waals surface area contributed by atoms with Crippen molar-refractivity contribution in [3.63, 3.8) is 0 Å². The van der Waals surface area contributed by atoms with Crippen LogP contribution in [-0.4, -0.2) is 34.1 Å². The molecule has 2 rings (SSSR count). The number of para-hydroxylation sites is 1. The molecule has 2 aromatic carbocycles. The molecule has 0 aliphatic rings. The van der Waals surface area contributed by atoms with Crippen LogP contribution in [0.3, 0.4) is 0 Å². The first-order valence-electron chi connectivity index (χ1n) is 8.25. The van der Waals surface area contributed by atoms with Gasteiger partial charge in [-0.15, -0.1) is 0 Å². The van der Waals surface area contributed by atoms with Crippen LogP contribution in [0.2, 0.25) is 0 Å². The third-order valence-electron chi connectivity index (χ3n) is 3.47. The number of hydrogen-bond acceptors (Lipinski definition) is 4. The van der Waals surface area contributed by atoms with Crippen LogP contribution in [0.4, 0.5) is 10.5 Å². The number of carbonyl (C=O) groups excluding carboxylic acids is 1. The van der Waals surface area contributed by atoms with Crippen molar-refractivity contribution >= 4 is 21.7 Å². The quantitative estimate of drug-likeness (QED) is 0.616. The number of hydrogen-bond donors (Lipinski definition) is 3. The van der Waals surface area contributed by atoms with E-state index in [1.165, 1.54) is 6.07 Å². The maximum Gasteiger partial charge on any atom is 0.319 e. The normalized spacial score (nSPS) is 11.0. The molecule has 2 aromatic rings. The molecule has 140 valence electrons. The molecule has 0 saturated heterocycles. The fourth-order valence-electron chi connectivity index (χ4n) is 2.25. The number of carbonyl (C=O) groups is 1. The summed E-state index contributed by atoms with van der Waals surface area (Å²) in [5.41, 5.74) is 1.41. The van der Waals surface area contributed by atoms with Crippen LogP contribution < -0.4 is 20.1 Å². The van der Waals surface area contributed by atoms with Gasteiger partial charge in [-0.3, -0.25) is 0 Å². The van der Waals surface area contributed by atoms with Gasteiger partial charge in [-0.05, 0) is 42.8 Å². The summed E-state index contributed by atoms with van der Waals surface area (Å²) < 4.78 is 32.0. The number of rotatable bonds is 8. The summed E-state index contributed by atoms with van der Waals surface area (Å²) in [4.78, 5) is 12.0. The average molecular weight is 377 g/mol. The molecule has 0 atom stereocenters. The van der Waals surface area contributed by atoms with Crippen molar-refractivity contribution in [3.05, 3.63) is 54.1 Å². The van der Waals surface area contributed by atoms with E-state index in [9.17, 15) is 13.2 Å². The molecule has 0 radical (unpaired) electrons. The maximum atomic E-state index is 12.0. The van der Waals surface area contributed by atoms with Crippen molar-refractivity contribution in [1.82, 2.24) is 10.0 Å². The minimum atomic E-state index is -3.49. The number of benzene rings is 2. The van der Waals surface area contributed by atoms with Gasteiger partial charge >= 0.3 is 6.03 Å². The second-order valence-corrected chi connectivity index (χ2v) is 7.29. The van der Waals surface area contributed by atoms with E-state index in [4.69, 9.17) is 4.74 Å². The monoisotopic (exact) mass is 377 g/mol. The minimum Gasteiger partial charge on any atom is -0.491 e. The van der Waals surface area contributed by atoms with Gasteiger partial charge < -0.3 is 15.4 Å². The Hall–Kier alpha value is -2.58. The molecule has 0 unspecified atom stereocenters. The lowest BCUT2D eigenvalue weighted by atomic mass is 10.2. The van der Waals surface area contributed by atoms with Gasteiger partial charge in [-0.2, -0.15) is 0 Å². The molecule has 0 fully saturated rings. The molecule has 26 heavy (non-hydrogen) atoms. The van der Waals surface area contributed by atoms with E-state index in [0.29, 0.717) is 30.1 Å². The lowest BCUT2D eigenvalue weighted by Crippen LogP contribution is -2.32. The van der Waals surface area contributed by atoms with Crippen molar-refractivity contribution in [1.29, 1.82) is 0 Å². The van der Waals surface area contributed by atoms with Crippen LogP contribution in [0.5, 0.6) is 5.75 Å². The third kappa shape index (κ3) is 5.75. The first-order chi connectivity index (χ1) is 12.4. The SMILES string of the molecule is CCNS(=O)(=O)c1ccc(OCCNC(=O)Nc2ccccc2)c(C)c1. The Labute approximate surface area is 153 Å². The van der Waals surface area contributed by atoms with Crippen LogP contribution in [0.15, 0.2) is 53.4 Å². The predicted octanol–water partition coefficient (Wildman–Crippen LogP) is 2.49. The van der Waals surface area contributed by atoms with E-state index in [2.05, 4.69) is 15.4 Å². The first kappa shape index (κ1) is 19.7. The average Bonchev–Trinajstić information content (AvgIpc) is 2.60. The molecule has 8 heteroatoms. The number of sulfonamides is 1. The van der Waals surface area contributed by atoms with Crippen molar-refractivity contribution in [2.45, 2.75) is 18.7 Å². The summed E-state index contributed by atoms with van der Waals surface area (Å²) in [6.07, 6.45) is 0. The largest absolute Gasteiger partial charge is 0.491 e. The fraction of sp³-hybridized carbons (Fsp3) is 0.278. The highest BCUT2D eigenvalue weighted by Crippen LogP contribution is 2.21. The number of urea groups is 1. The molecule has 0 bridgehead atoms. The third-order valence-corrected chi connectivity index (χ3v) is 5.01. The minimum absolute atomic E-state index is 0.199. The number of ether oxygens (including phenoxy) is 1.